The standard InChI is InChI=1S/C18H24ClN5S/c1-13-16(19)5-4-6-17(13)20-18(25)24-9-7-23(8-10-24)12-15-11-22(3)21-14(15)2/h4-6,11H,7-10,12H2,1-3H3,(H,20,25). The molecule has 0 aliphatic carbocycles. The maximum Gasteiger partial charge on any atom is 0.173 e. The molecule has 1 aromatic heterocycles. The van der Waals surface area contributed by atoms with Crippen LogP contribution in [0.2, 0.25) is 5.02 Å². The second-order valence-electron chi connectivity index (χ2n) is 6.52. The lowest BCUT2D eigenvalue weighted by Gasteiger charge is -2.36. The molecule has 0 bridgehead atoms. The fourth-order valence-electron chi connectivity index (χ4n) is 3.09. The average molecular weight is 378 g/mol. The average Bonchev–Trinajstić information content (AvgIpc) is 2.90. The highest BCUT2D eigenvalue weighted by molar-refractivity contribution is 7.80. The lowest BCUT2D eigenvalue weighted by Crippen LogP contribution is -2.49. The minimum absolute atomic E-state index is 0.754. The van der Waals surface area contributed by atoms with Crippen molar-refractivity contribution >= 4 is 34.6 Å². The van der Waals surface area contributed by atoms with E-state index in [1.807, 2.05) is 36.9 Å². The van der Waals surface area contributed by atoms with Crippen molar-refractivity contribution in [2.45, 2.75) is 20.4 Å². The first kappa shape index (κ1) is 18.2. The molecule has 2 aromatic rings. The molecule has 3 rings (SSSR count). The smallest absolute Gasteiger partial charge is 0.173 e. The lowest BCUT2D eigenvalue weighted by molar-refractivity contribution is 0.176. The van der Waals surface area contributed by atoms with Gasteiger partial charge >= 0.3 is 0 Å². The number of halogens is 1. The summed E-state index contributed by atoms with van der Waals surface area (Å²) >= 11 is 11.8. The Labute approximate surface area is 159 Å². The largest absolute Gasteiger partial charge is 0.346 e. The highest BCUT2D eigenvalue weighted by Gasteiger charge is 2.20. The predicted molar refractivity (Wildman–Crippen MR) is 107 cm³/mol. The van der Waals surface area contributed by atoms with Crippen LogP contribution in [0.1, 0.15) is 16.8 Å². The number of nitrogens with zero attached hydrogens (tertiary/aromatic N) is 4. The molecule has 1 aliphatic heterocycles. The van der Waals surface area contributed by atoms with Gasteiger partial charge in [0.2, 0.25) is 0 Å². The van der Waals surface area contributed by atoms with Crippen LogP contribution in [0.3, 0.4) is 0 Å². The molecule has 134 valence electrons. The molecule has 1 aromatic carbocycles. The highest BCUT2D eigenvalue weighted by Crippen LogP contribution is 2.23. The molecule has 0 atom stereocenters. The first-order valence-corrected chi connectivity index (χ1v) is 9.25. The van der Waals surface area contributed by atoms with E-state index < -0.39 is 0 Å². The lowest BCUT2D eigenvalue weighted by atomic mass is 10.2. The molecule has 1 N–H and O–H groups in total. The van der Waals surface area contributed by atoms with Gasteiger partial charge in [-0.15, -0.1) is 0 Å². The van der Waals surface area contributed by atoms with Crippen molar-refractivity contribution in [3.63, 3.8) is 0 Å². The summed E-state index contributed by atoms with van der Waals surface area (Å²) in [5, 5.41) is 9.28. The second-order valence-corrected chi connectivity index (χ2v) is 7.31. The summed E-state index contributed by atoms with van der Waals surface area (Å²) in [6.07, 6.45) is 2.11. The summed E-state index contributed by atoms with van der Waals surface area (Å²) in [4.78, 5) is 4.68. The van der Waals surface area contributed by atoms with E-state index in [1.54, 1.807) is 0 Å². The van der Waals surface area contributed by atoms with Gasteiger partial charge in [-0.25, -0.2) is 0 Å². The van der Waals surface area contributed by atoms with E-state index in [2.05, 4.69) is 33.3 Å². The molecular weight excluding hydrogens is 354 g/mol. The molecule has 0 amide bonds. The molecule has 2 heterocycles. The maximum absolute atomic E-state index is 6.18. The fourth-order valence-corrected chi connectivity index (χ4v) is 3.56. The van der Waals surface area contributed by atoms with Crippen LogP contribution in [-0.2, 0) is 13.6 Å². The van der Waals surface area contributed by atoms with Crippen LogP contribution in [0.25, 0.3) is 0 Å². The van der Waals surface area contributed by atoms with Crippen LogP contribution in [0.5, 0.6) is 0 Å². The minimum Gasteiger partial charge on any atom is -0.346 e. The van der Waals surface area contributed by atoms with Gasteiger partial charge in [0.05, 0.1) is 5.69 Å². The van der Waals surface area contributed by atoms with Gasteiger partial charge in [-0.3, -0.25) is 9.58 Å². The Balaban J connectivity index is 1.54. The third-order valence-electron chi connectivity index (χ3n) is 4.68. The second kappa shape index (κ2) is 7.72. The summed E-state index contributed by atoms with van der Waals surface area (Å²) < 4.78 is 1.88. The van der Waals surface area contributed by atoms with E-state index >= 15 is 0 Å². The molecule has 1 aliphatic rings. The summed E-state index contributed by atoms with van der Waals surface area (Å²) in [6.45, 7) is 8.84. The van der Waals surface area contributed by atoms with Gasteiger partial charge in [-0.1, -0.05) is 17.7 Å². The number of aryl methyl sites for hydroxylation is 2. The Hall–Kier alpha value is -1.63. The number of rotatable bonds is 3. The van der Waals surface area contributed by atoms with E-state index in [4.69, 9.17) is 23.8 Å². The molecule has 0 radical (unpaired) electrons. The van der Waals surface area contributed by atoms with Crippen molar-refractivity contribution in [3.8, 4) is 0 Å². The van der Waals surface area contributed by atoms with Gasteiger partial charge in [0.25, 0.3) is 0 Å². The van der Waals surface area contributed by atoms with Crippen LogP contribution in [-0.4, -0.2) is 50.9 Å². The van der Waals surface area contributed by atoms with Crippen LogP contribution in [0, 0.1) is 13.8 Å². The van der Waals surface area contributed by atoms with Gasteiger partial charge in [0.1, 0.15) is 0 Å². The predicted octanol–water partition coefficient (Wildman–Crippen LogP) is 3.20. The van der Waals surface area contributed by atoms with E-state index in [9.17, 15) is 0 Å². The Morgan fingerprint density at radius 1 is 1.24 bits per heavy atom. The van der Waals surface area contributed by atoms with E-state index in [1.165, 1.54) is 5.56 Å². The maximum atomic E-state index is 6.18. The zero-order chi connectivity index (χ0) is 18.0. The van der Waals surface area contributed by atoms with E-state index in [-0.39, 0.29) is 0 Å². The quantitative estimate of drug-likeness (QED) is 0.831. The Bertz CT molecular complexity index is 765. The number of anilines is 1. The van der Waals surface area contributed by atoms with Gasteiger partial charge < -0.3 is 10.2 Å². The summed E-state index contributed by atoms with van der Waals surface area (Å²) in [7, 11) is 1.97. The number of aromatic nitrogens is 2. The number of hydrogen-bond donors (Lipinski definition) is 1. The van der Waals surface area contributed by atoms with Crippen LogP contribution >= 0.6 is 23.8 Å². The van der Waals surface area contributed by atoms with Crippen LogP contribution in [0.15, 0.2) is 24.4 Å². The van der Waals surface area contributed by atoms with E-state index in [0.717, 1.165) is 59.8 Å². The van der Waals surface area contributed by atoms with Gasteiger partial charge in [-0.05, 0) is 43.8 Å². The fraction of sp³-hybridized carbons (Fsp3) is 0.444. The van der Waals surface area contributed by atoms with Gasteiger partial charge in [0, 0.05) is 62.2 Å². The third-order valence-corrected chi connectivity index (χ3v) is 5.45. The van der Waals surface area contributed by atoms with Crippen molar-refractivity contribution in [2.24, 2.45) is 7.05 Å². The number of thiocarbonyl (C=S) groups is 1. The van der Waals surface area contributed by atoms with Crippen molar-refractivity contribution in [3.05, 3.63) is 46.2 Å². The topological polar surface area (TPSA) is 36.3 Å². The molecule has 1 fully saturated rings. The minimum atomic E-state index is 0.754. The SMILES string of the molecule is Cc1nn(C)cc1CN1CCN(C(=S)Nc2cccc(Cl)c2C)CC1. The van der Waals surface area contributed by atoms with Crippen LogP contribution in [0.4, 0.5) is 5.69 Å². The Morgan fingerprint density at radius 2 is 1.96 bits per heavy atom. The van der Waals surface area contributed by atoms with Gasteiger partial charge in [-0.2, -0.15) is 5.10 Å². The van der Waals surface area contributed by atoms with Crippen molar-refractivity contribution in [1.29, 1.82) is 0 Å². The molecule has 7 heteroatoms. The third kappa shape index (κ3) is 4.32. The monoisotopic (exact) mass is 377 g/mol. The van der Waals surface area contributed by atoms with Crippen molar-refractivity contribution < 1.29 is 0 Å². The summed E-state index contributed by atoms with van der Waals surface area (Å²) in [5.41, 5.74) is 4.41. The molecule has 25 heavy (non-hydrogen) atoms. The van der Waals surface area contributed by atoms with Crippen molar-refractivity contribution in [1.82, 2.24) is 19.6 Å². The highest BCUT2D eigenvalue weighted by atomic mass is 35.5. The number of nitrogens with one attached hydrogen (secondary N) is 1. The van der Waals surface area contributed by atoms with Crippen molar-refractivity contribution in [2.75, 3.05) is 31.5 Å². The first-order valence-electron chi connectivity index (χ1n) is 8.46. The number of benzene rings is 1. The molecule has 0 saturated carbocycles. The molecular formula is C18H24ClN5S. The van der Waals surface area contributed by atoms with Gasteiger partial charge in [0.15, 0.2) is 5.11 Å². The Kier molecular flexibility index (Phi) is 5.61. The number of hydrogen-bond acceptors (Lipinski definition) is 3. The Morgan fingerprint density at radius 3 is 2.60 bits per heavy atom. The zero-order valence-electron chi connectivity index (χ0n) is 14.9. The summed E-state index contributed by atoms with van der Waals surface area (Å²) in [5.74, 6) is 0. The molecule has 0 unspecified atom stereocenters. The molecule has 0 spiro atoms. The van der Waals surface area contributed by atoms with E-state index in [0.29, 0.717) is 0 Å². The molecule has 1 saturated heterocycles. The normalized spacial score (nSPS) is 15.4. The van der Waals surface area contributed by atoms with Crippen LogP contribution < -0.4 is 5.32 Å². The number of piperazine rings is 1. The summed E-state index contributed by atoms with van der Waals surface area (Å²) in [6, 6.07) is 5.84. The first-order chi connectivity index (χ1) is 11.9. The molecule has 5 nitrogen and oxygen atoms in total. The zero-order valence-corrected chi connectivity index (χ0v) is 16.5.